The fourth-order valence-corrected chi connectivity index (χ4v) is 8.40. The Morgan fingerprint density at radius 2 is 2.05 bits per heavy atom. The van der Waals surface area contributed by atoms with Crippen molar-refractivity contribution in [1.29, 1.82) is 0 Å². The van der Waals surface area contributed by atoms with Crippen LogP contribution in [0.3, 0.4) is 0 Å². The van der Waals surface area contributed by atoms with Gasteiger partial charge in [0.05, 0.1) is 17.5 Å². The third-order valence-corrected chi connectivity index (χ3v) is 9.64. The average Bonchev–Trinajstić information content (AvgIpc) is 3.27. The van der Waals surface area contributed by atoms with E-state index in [1.807, 2.05) is 48.2 Å². The van der Waals surface area contributed by atoms with E-state index in [0.29, 0.717) is 19.4 Å². The van der Waals surface area contributed by atoms with Crippen LogP contribution in [0.1, 0.15) is 62.3 Å². The van der Waals surface area contributed by atoms with Gasteiger partial charge in [0.1, 0.15) is 17.5 Å². The summed E-state index contributed by atoms with van der Waals surface area (Å²) in [6.45, 7) is 14.0. The molecule has 214 valence electrons. The standard InChI is InChI=1S/C35H40N2O4/c1-6-18-36-19-17-34-32-27-11-8-12-29(32)40-33(34)28(15-16-35(34,30(36)21-27)41-25(5)38)37(22-23(2)3)31(39)14-13-26-10-7-9-24(4)20-26/h6-12,20,23,28,30,33H,1,15-19,21-22H2,2-5H3/t28-,30+,33-,34-,35+/m0/s1. The molecule has 1 saturated carbocycles. The number of likely N-dealkylation sites (tertiary alicyclic amines) is 1. The fraction of sp³-hybridized carbons (Fsp3) is 0.486. The summed E-state index contributed by atoms with van der Waals surface area (Å²) in [6.07, 6.45) is 4.53. The number of benzene rings is 2. The Labute approximate surface area is 243 Å². The highest BCUT2D eigenvalue weighted by molar-refractivity contribution is 5.94. The number of hydrogen-bond acceptors (Lipinski definition) is 5. The Bertz CT molecular complexity index is 1450. The van der Waals surface area contributed by atoms with E-state index < -0.39 is 11.0 Å². The minimum atomic E-state index is -0.735. The number of rotatable bonds is 6. The van der Waals surface area contributed by atoms with E-state index in [1.54, 1.807) is 0 Å². The van der Waals surface area contributed by atoms with Crippen molar-refractivity contribution in [3.8, 4) is 17.6 Å². The smallest absolute Gasteiger partial charge is 0.303 e. The minimum Gasteiger partial charge on any atom is -0.487 e. The lowest BCUT2D eigenvalue weighted by Gasteiger charge is -2.65. The van der Waals surface area contributed by atoms with Gasteiger partial charge in [-0.3, -0.25) is 14.5 Å². The van der Waals surface area contributed by atoms with Crippen molar-refractivity contribution in [1.82, 2.24) is 9.80 Å². The van der Waals surface area contributed by atoms with E-state index in [9.17, 15) is 9.59 Å². The summed E-state index contributed by atoms with van der Waals surface area (Å²) in [5, 5.41) is 0. The molecule has 5 atom stereocenters. The van der Waals surface area contributed by atoms with Crippen LogP contribution in [0, 0.1) is 24.7 Å². The van der Waals surface area contributed by atoms with Gasteiger partial charge in [0, 0.05) is 43.6 Å². The van der Waals surface area contributed by atoms with E-state index >= 15 is 0 Å². The zero-order valence-electron chi connectivity index (χ0n) is 24.6. The van der Waals surface area contributed by atoms with E-state index in [-0.39, 0.29) is 36.0 Å². The van der Waals surface area contributed by atoms with E-state index in [0.717, 1.165) is 42.8 Å². The van der Waals surface area contributed by atoms with Gasteiger partial charge in [-0.1, -0.05) is 50.1 Å². The van der Waals surface area contributed by atoms with Gasteiger partial charge in [0.15, 0.2) is 0 Å². The average molecular weight is 553 g/mol. The Kier molecular flexibility index (Phi) is 6.98. The monoisotopic (exact) mass is 552 g/mol. The zero-order chi connectivity index (χ0) is 28.9. The molecule has 2 heterocycles. The maximum absolute atomic E-state index is 13.9. The van der Waals surface area contributed by atoms with Crippen LogP contribution in [0.2, 0.25) is 0 Å². The Hall–Kier alpha value is -3.56. The van der Waals surface area contributed by atoms with Gasteiger partial charge in [-0.2, -0.15) is 0 Å². The normalized spacial score (nSPS) is 29.0. The molecule has 6 nitrogen and oxygen atoms in total. The Morgan fingerprint density at radius 1 is 1.24 bits per heavy atom. The number of aryl methyl sites for hydroxylation is 1. The summed E-state index contributed by atoms with van der Waals surface area (Å²) in [4.78, 5) is 31.1. The van der Waals surface area contributed by atoms with Gasteiger partial charge in [-0.05, 0) is 67.9 Å². The molecule has 6 heteroatoms. The fourth-order valence-electron chi connectivity index (χ4n) is 8.40. The molecule has 2 bridgehead atoms. The molecule has 2 aliphatic heterocycles. The van der Waals surface area contributed by atoms with Crippen LogP contribution in [-0.2, 0) is 26.2 Å². The van der Waals surface area contributed by atoms with Crippen molar-refractivity contribution in [3.63, 3.8) is 0 Å². The van der Waals surface area contributed by atoms with Crippen LogP contribution in [0.5, 0.6) is 5.75 Å². The molecule has 2 aromatic rings. The van der Waals surface area contributed by atoms with Crippen molar-refractivity contribution in [2.45, 2.75) is 82.6 Å². The van der Waals surface area contributed by atoms with Crippen molar-refractivity contribution in [2.24, 2.45) is 5.92 Å². The van der Waals surface area contributed by atoms with Crippen LogP contribution < -0.4 is 4.74 Å². The van der Waals surface area contributed by atoms with Gasteiger partial charge >= 0.3 is 5.97 Å². The number of esters is 1. The number of piperidine rings is 1. The van der Waals surface area contributed by atoms with E-state index in [1.165, 1.54) is 18.1 Å². The highest BCUT2D eigenvalue weighted by Gasteiger charge is 2.75. The first-order valence-electron chi connectivity index (χ1n) is 14.9. The number of ether oxygens (including phenoxy) is 2. The van der Waals surface area contributed by atoms with E-state index in [4.69, 9.17) is 9.47 Å². The summed E-state index contributed by atoms with van der Waals surface area (Å²) in [6, 6.07) is 14.1. The second-order valence-corrected chi connectivity index (χ2v) is 12.6. The topological polar surface area (TPSA) is 59.1 Å². The largest absolute Gasteiger partial charge is 0.487 e. The molecule has 2 aromatic carbocycles. The van der Waals surface area contributed by atoms with Crippen LogP contribution in [0.15, 0.2) is 55.1 Å². The number of amides is 1. The molecular weight excluding hydrogens is 512 g/mol. The van der Waals surface area contributed by atoms with Crippen molar-refractivity contribution >= 4 is 11.9 Å². The van der Waals surface area contributed by atoms with Crippen molar-refractivity contribution in [3.05, 3.63) is 77.4 Å². The Morgan fingerprint density at radius 3 is 2.78 bits per heavy atom. The maximum atomic E-state index is 13.9. The molecule has 0 aromatic heterocycles. The van der Waals surface area contributed by atoms with Crippen molar-refractivity contribution in [2.75, 3.05) is 19.6 Å². The third kappa shape index (κ3) is 4.28. The summed E-state index contributed by atoms with van der Waals surface area (Å²) < 4.78 is 13.4. The zero-order valence-corrected chi connectivity index (χ0v) is 24.6. The van der Waals surface area contributed by atoms with Crippen LogP contribution in [0.25, 0.3) is 0 Å². The molecule has 6 rings (SSSR count). The molecule has 1 spiro atoms. The molecule has 0 unspecified atom stereocenters. The van der Waals surface area contributed by atoms with Gasteiger partial charge < -0.3 is 14.4 Å². The molecule has 0 radical (unpaired) electrons. The predicted molar refractivity (Wildman–Crippen MR) is 159 cm³/mol. The minimum absolute atomic E-state index is 0.0152. The number of hydrogen-bond donors (Lipinski definition) is 0. The molecule has 0 N–H and O–H groups in total. The van der Waals surface area contributed by atoms with Gasteiger partial charge in [0.2, 0.25) is 0 Å². The predicted octanol–water partition coefficient (Wildman–Crippen LogP) is 4.81. The van der Waals surface area contributed by atoms with Gasteiger partial charge in [-0.25, -0.2) is 0 Å². The Balaban J connectivity index is 1.46. The highest BCUT2D eigenvalue weighted by Crippen LogP contribution is 2.65. The number of carbonyl (C=O) groups is 2. The first-order chi connectivity index (χ1) is 19.7. The summed E-state index contributed by atoms with van der Waals surface area (Å²) in [7, 11) is 0. The lowest BCUT2D eigenvalue weighted by molar-refractivity contribution is -0.223. The maximum Gasteiger partial charge on any atom is 0.303 e. The first-order valence-corrected chi connectivity index (χ1v) is 14.9. The SMILES string of the molecule is C=CCN1CC[C@]23c4c5cccc4O[C@H]2[C@@H](N(CC(C)C)C(=O)C#Cc2cccc(C)c2)CC[C@@]3(OC(C)=O)[C@H]1C5. The third-order valence-electron chi connectivity index (χ3n) is 9.64. The summed E-state index contributed by atoms with van der Waals surface area (Å²) in [5.74, 6) is 6.75. The lowest BCUT2D eigenvalue weighted by atomic mass is 9.48. The molecule has 1 saturated heterocycles. The summed E-state index contributed by atoms with van der Waals surface area (Å²) >= 11 is 0. The lowest BCUT2D eigenvalue weighted by Crippen LogP contribution is -2.79. The number of carbonyl (C=O) groups excluding carboxylic acids is 2. The van der Waals surface area contributed by atoms with Crippen LogP contribution in [-0.4, -0.2) is 65.1 Å². The van der Waals surface area contributed by atoms with Crippen molar-refractivity contribution < 1.29 is 19.1 Å². The molecular formula is C35H40N2O4. The van der Waals surface area contributed by atoms with Crippen LogP contribution in [0.4, 0.5) is 0 Å². The molecule has 2 aliphatic carbocycles. The molecule has 41 heavy (non-hydrogen) atoms. The van der Waals surface area contributed by atoms with Crippen LogP contribution >= 0.6 is 0 Å². The summed E-state index contributed by atoms with van der Waals surface area (Å²) in [5.41, 5.74) is 3.12. The molecule has 4 aliphatic rings. The number of nitrogens with zero attached hydrogens (tertiary/aromatic N) is 2. The van der Waals surface area contributed by atoms with Gasteiger partial charge in [0.25, 0.3) is 5.91 Å². The second kappa shape index (κ2) is 10.4. The quantitative estimate of drug-likeness (QED) is 0.293. The van der Waals surface area contributed by atoms with E-state index in [2.05, 4.69) is 49.3 Å². The molecule has 1 amide bonds. The van der Waals surface area contributed by atoms with Gasteiger partial charge in [-0.15, -0.1) is 6.58 Å². The second-order valence-electron chi connectivity index (χ2n) is 12.6. The molecule has 2 fully saturated rings. The highest BCUT2D eigenvalue weighted by atomic mass is 16.6. The first kappa shape index (κ1) is 27.6.